The minimum atomic E-state index is -2.78. The van der Waals surface area contributed by atoms with Crippen molar-refractivity contribution in [2.45, 2.75) is 25.8 Å². The lowest BCUT2D eigenvalue weighted by Crippen LogP contribution is -2.28. The number of rotatable bonds is 8. The van der Waals surface area contributed by atoms with Crippen LogP contribution in [0.4, 0.5) is 0 Å². The van der Waals surface area contributed by atoms with E-state index < -0.39 is 9.84 Å². The van der Waals surface area contributed by atoms with Crippen molar-refractivity contribution in [3.8, 4) is 0 Å². The summed E-state index contributed by atoms with van der Waals surface area (Å²) in [5.74, 6) is 1.44. The molecule has 0 aromatic carbocycles. The van der Waals surface area contributed by atoms with Gasteiger partial charge in [0.05, 0.1) is 5.75 Å². The fourth-order valence-corrected chi connectivity index (χ4v) is 2.34. The van der Waals surface area contributed by atoms with Gasteiger partial charge in [-0.2, -0.15) is 11.8 Å². The van der Waals surface area contributed by atoms with E-state index in [0.29, 0.717) is 12.5 Å². The number of thioether (sulfide) groups is 1. The monoisotopic (exact) mass is 239 g/mol. The highest BCUT2D eigenvalue weighted by molar-refractivity contribution is 7.98. The molecule has 1 unspecified atom stereocenters. The van der Waals surface area contributed by atoms with Crippen molar-refractivity contribution >= 4 is 21.6 Å². The normalized spacial score (nSPS) is 14.2. The summed E-state index contributed by atoms with van der Waals surface area (Å²) >= 11 is 1.84. The molecule has 3 nitrogen and oxygen atoms in total. The zero-order valence-electron chi connectivity index (χ0n) is 9.25. The van der Waals surface area contributed by atoms with Gasteiger partial charge in [-0.05, 0) is 38.3 Å². The highest BCUT2D eigenvalue weighted by Crippen LogP contribution is 1.99. The highest BCUT2D eigenvalue weighted by atomic mass is 32.2. The molecule has 0 amide bonds. The van der Waals surface area contributed by atoms with Crippen molar-refractivity contribution in [3.63, 3.8) is 0 Å². The van der Waals surface area contributed by atoms with Gasteiger partial charge in [0.2, 0.25) is 0 Å². The third-order valence-electron chi connectivity index (χ3n) is 1.94. The quantitative estimate of drug-likeness (QED) is 0.646. The van der Waals surface area contributed by atoms with Gasteiger partial charge in [0, 0.05) is 12.3 Å². The van der Waals surface area contributed by atoms with Crippen molar-refractivity contribution in [1.82, 2.24) is 5.32 Å². The summed E-state index contributed by atoms with van der Waals surface area (Å²) in [5.41, 5.74) is 0. The van der Waals surface area contributed by atoms with Gasteiger partial charge in [0.25, 0.3) is 0 Å². The van der Waals surface area contributed by atoms with Crippen LogP contribution in [-0.2, 0) is 9.84 Å². The fourth-order valence-electron chi connectivity index (χ4n) is 1.08. The third kappa shape index (κ3) is 10.3. The minimum absolute atomic E-state index is 0.287. The van der Waals surface area contributed by atoms with Crippen molar-refractivity contribution in [2.24, 2.45) is 0 Å². The second kappa shape index (κ2) is 7.54. The maximum atomic E-state index is 10.8. The van der Waals surface area contributed by atoms with E-state index in [1.165, 1.54) is 6.26 Å². The summed E-state index contributed by atoms with van der Waals surface area (Å²) in [6, 6.07) is 0.488. The molecule has 0 aromatic rings. The van der Waals surface area contributed by atoms with Crippen molar-refractivity contribution < 1.29 is 8.42 Å². The smallest absolute Gasteiger partial charge is 0.147 e. The summed E-state index contributed by atoms with van der Waals surface area (Å²) in [5, 5.41) is 3.31. The predicted molar refractivity (Wildman–Crippen MR) is 64.8 cm³/mol. The lowest BCUT2D eigenvalue weighted by Gasteiger charge is -2.12. The van der Waals surface area contributed by atoms with Crippen LogP contribution in [0.5, 0.6) is 0 Å². The molecule has 0 spiro atoms. The molecule has 0 fully saturated rings. The van der Waals surface area contributed by atoms with Crippen LogP contribution in [0.15, 0.2) is 0 Å². The molecule has 0 aliphatic heterocycles. The molecule has 0 bridgehead atoms. The Hall–Kier alpha value is 0.260. The Morgan fingerprint density at radius 1 is 1.43 bits per heavy atom. The average Bonchev–Trinajstić information content (AvgIpc) is 2.07. The molecular weight excluding hydrogens is 218 g/mol. The lowest BCUT2D eigenvalue weighted by atomic mass is 10.2. The Bertz CT molecular complexity index is 227. The Morgan fingerprint density at radius 3 is 2.57 bits per heavy atom. The Balaban J connectivity index is 3.36. The molecule has 0 heterocycles. The van der Waals surface area contributed by atoms with Crippen LogP contribution in [0.2, 0.25) is 0 Å². The molecule has 1 N–H and O–H groups in total. The van der Waals surface area contributed by atoms with Crippen LogP contribution < -0.4 is 5.32 Å². The second-order valence-corrected chi connectivity index (χ2v) is 6.87. The zero-order valence-corrected chi connectivity index (χ0v) is 10.9. The molecule has 0 aromatic heterocycles. The number of nitrogens with one attached hydrogen (secondary N) is 1. The van der Waals surface area contributed by atoms with Crippen LogP contribution in [-0.4, -0.2) is 45.0 Å². The molecule has 0 saturated carbocycles. The molecule has 0 aliphatic rings. The average molecular weight is 239 g/mol. The van der Waals surface area contributed by atoms with E-state index in [1.54, 1.807) is 0 Å². The SMILES string of the molecule is CSCCC(C)NCCCS(C)(=O)=O. The maximum absolute atomic E-state index is 10.8. The maximum Gasteiger partial charge on any atom is 0.147 e. The molecule has 1 atom stereocenters. The molecule has 86 valence electrons. The van der Waals surface area contributed by atoms with E-state index in [4.69, 9.17) is 0 Å². The van der Waals surface area contributed by atoms with Crippen molar-refractivity contribution in [2.75, 3.05) is 30.6 Å². The summed E-state index contributed by atoms with van der Waals surface area (Å²) in [6.07, 6.45) is 5.23. The first kappa shape index (κ1) is 14.3. The van der Waals surface area contributed by atoms with Gasteiger partial charge in [-0.25, -0.2) is 8.42 Å². The first-order valence-electron chi connectivity index (χ1n) is 4.86. The van der Waals surface area contributed by atoms with E-state index in [1.807, 2.05) is 11.8 Å². The molecular formula is C9H21NO2S2. The summed E-state index contributed by atoms with van der Waals surface area (Å²) in [6.45, 7) is 2.93. The van der Waals surface area contributed by atoms with Crippen LogP contribution in [0.3, 0.4) is 0 Å². The van der Waals surface area contributed by atoms with E-state index >= 15 is 0 Å². The standard InChI is InChI=1S/C9H21NO2S2/c1-9(5-7-13-2)10-6-4-8-14(3,11)12/h9-10H,4-8H2,1-3H3. The van der Waals surface area contributed by atoms with E-state index in [9.17, 15) is 8.42 Å². The van der Waals surface area contributed by atoms with Gasteiger partial charge >= 0.3 is 0 Å². The zero-order chi connectivity index (χ0) is 11.0. The molecule has 0 radical (unpaired) electrons. The van der Waals surface area contributed by atoms with E-state index in [0.717, 1.165) is 18.7 Å². The predicted octanol–water partition coefficient (Wildman–Crippen LogP) is 1.15. The summed E-state index contributed by atoms with van der Waals surface area (Å²) in [4.78, 5) is 0. The molecule has 14 heavy (non-hydrogen) atoms. The minimum Gasteiger partial charge on any atom is -0.314 e. The summed E-state index contributed by atoms with van der Waals surface area (Å²) < 4.78 is 21.6. The van der Waals surface area contributed by atoms with Gasteiger partial charge in [-0.3, -0.25) is 0 Å². The Morgan fingerprint density at radius 2 is 2.07 bits per heavy atom. The van der Waals surface area contributed by atoms with Gasteiger partial charge in [0.15, 0.2) is 0 Å². The largest absolute Gasteiger partial charge is 0.314 e. The Labute approximate surface area is 92.0 Å². The van der Waals surface area contributed by atoms with E-state index in [-0.39, 0.29) is 5.75 Å². The van der Waals surface area contributed by atoms with Crippen LogP contribution in [0.25, 0.3) is 0 Å². The molecule has 0 saturated heterocycles. The van der Waals surface area contributed by atoms with Gasteiger partial charge in [0.1, 0.15) is 9.84 Å². The number of hydrogen-bond acceptors (Lipinski definition) is 4. The first-order valence-corrected chi connectivity index (χ1v) is 8.31. The fraction of sp³-hybridized carbons (Fsp3) is 1.00. The van der Waals surface area contributed by atoms with Gasteiger partial charge < -0.3 is 5.32 Å². The lowest BCUT2D eigenvalue weighted by molar-refractivity contribution is 0.533. The third-order valence-corrected chi connectivity index (χ3v) is 3.61. The van der Waals surface area contributed by atoms with Crippen LogP contribution in [0, 0.1) is 0 Å². The first-order chi connectivity index (χ1) is 6.45. The Kier molecular flexibility index (Phi) is 7.68. The van der Waals surface area contributed by atoms with Crippen molar-refractivity contribution in [3.05, 3.63) is 0 Å². The number of sulfone groups is 1. The molecule has 5 heteroatoms. The number of hydrogen-bond donors (Lipinski definition) is 1. The second-order valence-electron chi connectivity index (χ2n) is 3.62. The summed E-state index contributed by atoms with van der Waals surface area (Å²) in [7, 11) is -2.78. The van der Waals surface area contributed by atoms with Crippen LogP contribution in [0.1, 0.15) is 19.8 Å². The van der Waals surface area contributed by atoms with Gasteiger partial charge in [-0.15, -0.1) is 0 Å². The van der Waals surface area contributed by atoms with Gasteiger partial charge in [-0.1, -0.05) is 0 Å². The molecule has 0 aliphatic carbocycles. The van der Waals surface area contributed by atoms with E-state index in [2.05, 4.69) is 18.5 Å². The van der Waals surface area contributed by atoms with Crippen molar-refractivity contribution in [1.29, 1.82) is 0 Å². The molecule has 0 rings (SSSR count). The highest BCUT2D eigenvalue weighted by Gasteiger charge is 2.03. The topological polar surface area (TPSA) is 46.2 Å². The van der Waals surface area contributed by atoms with Crippen LogP contribution >= 0.6 is 11.8 Å².